The number of carboxylic acid groups (broad SMARTS) is 2. The van der Waals surface area contributed by atoms with E-state index in [-0.39, 0.29) is 68.2 Å². The van der Waals surface area contributed by atoms with Crippen molar-refractivity contribution >= 4 is 47.4 Å². The summed E-state index contributed by atoms with van der Waals surface area (Å²) in [7, 11) is 4.55. The molecule has 1 saturated heterocycles. The van der Waals surface area contributed by atoms with Gasteiger partial charge < -0.3 is 45.2 Å². The van der Waals surface area contributed by atoms with Crippen molar-refractivity contribution in [2.45, 2.75) is 0 Å². The van der Waals surface area contributed by atoms with Crippen molar-refractivity contribution in [1.29, 1.82) is 0 Å². The zero-order valence-electron chi connectivity index (χ0n) is 27.7. The van der Waals surface area contributed by atoms with Crippen LogP contribution in [0.25, 0.3) is 0 Å². The van der Waals surface area contributed by atoms with Crippen LogP contribution < -0.4 is 50.6 Å². The minimum Gasteiger partial charge on any atom is -0.549 e. The second-order valence-corrected chi connectivity index (χ2v) is 10.3. The standard InChI is InChI=1S/C27H41N7O9.C2H6O.Na/c1-43-27(42)20-34-9-7-31(14-15-35)6-8-32(10-11-33(12-13-34)19-26(40)41)18-24(37)30-22-4-2-21(3-5-22)29-23(36)16-28-17-25(38)39;1-3-2;/h2-5,15,28H,6-14,16-20H2,1H3,(H,29,36)(H,30,37)(H,38,39)(H,40,41);1-2H3;/q;;+1/p-1. The van der Waals surface area contributed by atoms with Crippen LogP contribution in [0.1, 0.15) is 0 Å². The summed E-state index contributed by atoms with van der Waals surface area (Å²) in [5, 5.41) is 27.7. The van der Waals surface area contributed by atoms with Crippen LogP contribution >= 0.6 is 0 Å². The number of hydrogen-bond acceptors (Lipinski definition) is 14. The first-order chi connectivity index (χ1) is 22.0. The molecule has 0 saturated carbocycles. The number of carboxylic acids is 2. The van der Waals surface area contributed by atoms with Gasteiger partial charge >= 0.3 is 41.5 Å². The van der Waals surface area contributed by atoms with Gasteiger partial charge in [-0.05, 0) is 24.3 Å². The van der Waals surface area contributed by atoms with Crippen LogP contribution in [0.3, 0.4) is 0 Å². The summed E-state index contributed by atoms with van der Waals surface area (Å²) in [5.74, 6) is -3.45. The van der Waals surface area contributed by atoms with Crippen LogP contribution in [0.15, 0.2) is 24.3 Å². The number of methoxy groups -OCH3 is 2. The molecule has 0 atom stereocenters. The smallest absolute Gasteiger partial charge is 0.549 e. The van der Waals surface area contributed by atoms with E-state index in [1.807, 2.05) is 14.7 Å². The molecule has 2 amide bonds. The Balaban J connectivity index is 0.00000508. The van der Waals surface area contributed by atoms with E-state index >= 15 is 0 Å². The summed E-state index contributed by atoms with van der Waals surface area (Å²) in [6, 6.07) is 6.40. The van der Waals surface area contributed by atoms with Gasteiger partial charge in [0.25, 0.3) is 0 Å². The molecule has 0 unspecified atom stereocenters. The molecular formula is C29H46N7NaO10. The fraction of sp³-hybridized carbons (Fsp3) is 0.586. The Morgan fingerprint density at radius 1 is 0.745 bits per heavy atom. The average Bonchev–Trinajstić information content (AvgIpc) is 2.99. The number of hydrogen-bond donors (Lipinski definition) is 4. The molecule has 1 fully saturated rings. The summed E-state index contributed by atoms with van der Waals surface area (Å²) in [6.45, 7) is 2.85. The molecule has 1 aliphatic rings. The molecule has 2 rings (SSSR count). The molecule has 1 heterocycles. The SMILES string of the molecule is COC.COC(=O)CN1CCN(CC=O)CCN(CC(=O)Nc2ccc(NC(=O)CNCC(=O)[O-])cc2)CCN(CC(=O)O)CC1.[Na+]. The molecule has 0 aromatic heterocycles. The Morgan fingerprint density at radius 3 is 1.60 bits per heavy atom. The molecule has 1 aromatic carbocycles. The largest absolute Gasteiger partial charge is 1.00 e. The first-order valence-corrected chi connectivity index (χ1v) is 14.6. The fourth-order valence-electron chi connectivity index (χ4n) is 4.30. The van der Waals surface area contributed by atoms with Gasteiger partial charge in [-0.25, -0.2) is 0 Å². The second-order valence-electron chi connectivity index (χ2n) is 10.3. The van der Waals surface area contributed by atoms with Crippen molar-refractivity contribution in [3.63, 3.8) is 0 Å². The van der Waals surface area contributed by atoms with Crippen LogP contribution in [0, 0.1) is 0 Å². The summed E-state index contributed by atoms with van der Waals surface area (Å²) in [6.07, 6.45) is 0.804. The van der Waals surface area contributed by atoms with Crippen LogP contribution in [0.5, 0.6) is 0 Å². The number of nitrogens with zero attached hydrogens (tertiary/aromatic N) is 4. The number of nitrogens with one attached hydrogen (secondary N) is 3. The van der Waals surface area contributed by atoms with E-state index in [2.05, 4.69) is 20.7 Å². The molecule has 0 aliphatic carbocycles. The number of anilines is 2. The molecule has 1 aliphatic heterocycles. The van der Waals surface area contributed by atoms with Crippen molar-refractivity contribution in [3.05, 3.63) is 24.3 Å². The van der Waals surface area contributed by atoms with E-state index in [0.29, 0.717) is 63.7 Å². The summed E-state index contributed by atoms with van der Waals surface area (Å²) >= 11 is 0. The first kappa shape index (κ1) is 44.0. The molecule has 1 aromatic rings. The van der Waals surface area contributed by atoms with Crippen LogP contribution in [0.2, 0.25) is 0 Å². The van der Waals surface area contributed by atoms with Crippen LogP contribution in [-0.2, 0) is 38.2 Å². The van der Waals surface area contributed by atoms with Crippen LogP contribution in [-0.4, -0.2) is 174 Å². The molecule has 0 spiro atoms. The molecule has 4 N–H and O–H groups in total. The van der Waals surface area contributed by atoms with E-state index < -0.39 is 30.4 Å². The van der Waals surface area contributed by atoms with Crippen molar-refractivity contribution < 1.29 is 78.0 Å². The molecule has 47 heavy (non-hydrogen) atoms. The van der Waals surface area contributed by atoms with Gasteiger partial charge in [0.15, 0.2) is 0 Å². The zero-order chi connectivity index (χ0) is 34.3. The molecule has 17 nitrogen and oxygen atoms in total. The number of benzene rings is 1. The number of esters is 1. The number of carbonyl (C=O) groups excluding carboxylic acids is 5. The number of aldehydes is 1. The molecule has 0 bridgehead atoms. The van der Waals surface area contributed by atoms with Gasteiger partial charge in [0.05, 0.1) is 45.8 Å². The third-order valence-corrected chi connectivity index (χ3v) is 6.58. The summed E-state index contributed by atoms with van der Waals surface area (Å²) < 4.78 is 9.04. The minimum absolute atomic E-state index is 0. The van der Waals surface area contributed by atoms with Gasteiger partial charge in [-0.15, -0.1) is 0 Å². The monoisotopic (exact) mass is 675 g/mol. The third-order valence-electron chi connectivity index (χ3n) is 6.58. The van der Waals surface area contributed by atoms with Crippen molar-refractivity contribution in [3.8, 4) is 0 Å². The predicted molar refractivity (Wildman–Crippen MR) is 166 cm³/mol. The van der Waals surface area contributed by atoms with Gasteiger partial charge in [0, 0.05) is 84.5 Å². The topological polar surface area (TPSA) is 213 Å². The second kappa shape index (κ2) is 26.0. The average molecular weight is 676 g/mol. The van der Waals surface area contributed by atoms with Gasteiger partial charge in [0.2, 0.25) is 11.8 Å². The Bertz CT molecular complexity index is 1110. The Hall–Kier alpha value is -3.00. The maximum absolute atomic E-state index is 12.9. The Morgan fingerprint density at radius 2 is 1.17 bits per heavy atom. The molecular weight excluding hydrogens is 629 g/mol. The molecule has 0 radical (unpaired) electrons. The predicted octanol–water partition coefficient (Wildman–Crippen LogP) is -6.15. The first-order valence-electron chi connectivity index (χ1n) is 14.6. The third kappa shape index (κ3) is 21.5. The Kier molecular flexibility index (Phi) is 24.4. The number of rotatable bonds is 14. The summed E-state index contributed by atoms with van der Waals surface area (Å²) in [4.78, 5) is 77.4. The van der Waals surface area contributed by atoms with E-state index in [1.54, 1.807) is 43.4 Å². The maximum Gasteiger partial charge on any atom is 1.00 e. The summed E-state index contributed by atoms with van der Waals surface area (Å²) in [5.41, 5.74) is 0.952. The van der Waals surface area contributed by atoms with Crippen molar-refractivity contribution in [2.75, 3.05) is 124 Å². The van der Waals surface area contributed by atoms with E-state index in [4.69, 9.17) is 4.74 Å². The molecule has 18 heteroatoms. The maximum atomic E-state index is 12.9. The zero-order valence-corrected chi connectivity index (χ0v) is 29.7. The number of amides is 2. The van der Waals surface area contributed by atoms with Crippen molar-refractivity contribution in [2.24, 2.45) is 0 Å². The van der Waals surface area contributed by atoms with Crippen molar-refractivity contribution in [1.82, 2.24) is 24.9 Å². The normalized spacial score (nSPS) is 15.3. The van der Waals surface area contributed by atoms with Gasteiger partial charge in [-0.2, -0.15) is 0 Å². The van der Waals surface area contributed by atoms with Crippen LogP contribution in [0.4, 0.5) is 11.4 Å². The minimum atomic E-state index is -1.32. The molecule has 258 valence electrons. The van der Waals surface area contributed by atoms with Gasteiger partial charge in [-0.3, -0.25) is 38.8 Å². The number of ether oxygens (including phenoxy) is 2. The number of carbonyl (C=O) groups is 6. The van der Waals surface area contributed by atoms with E-state index in [1.165, 1.54) is 7.11 Å². The number of aliphatic carboxylic acids is 2. The van der Waals surface area contributed by atoms with E-state index in [0.717, 1.165) is 6.29 Å². The van der Waals surface area contributed by atoms with Gasteiger partial charge in [-0.1, -0.05) is 0 Å². The van der Waals surface area contributed by atoms with Gasteiger partial charge in [0.1, 0.15) is 6.29 Å². The fourth-order valence-corrected chi connectivity index (χ4v) is 4.30. The quantitative estimate of drug-likeness (QED) is 0.0821. The Labute approximate surface area is 297 Å². The van der Waals surface area contributed by atoms with E-state index in [9.17, 15) is 39.0 Å².